The molecular weight excluding hydrogens is 462 g/mol. The van der Waals surface area contributed by atoms with E-state index < -0.39 is 12.0 Å². The predicted molar refractivity (Wildman–Crippen MR) is 148 cm³/mol. The third-order valence-electron chi connectivity index (χ3n) is 6.60. The number of para-hydroxylation sites is 1. The fraction of sp³-hybridized carbons (Fsp3) is 0.258. The summed E-state index contributed by atoms with van der Waals surface area (Å²) in [5, 5.41) is 13.0. The zero-order valence-corrected chi connectivity index (χ0v) is 20.9. The molecule has 1 fully saturated rings. The minimum Gasteiger partial charge on any atom is -0.480 e. The van der Waals surface area contributed by atoms with E-state index in [9.17, 15) is 14.7 Å². The Morgan fingerprint density at radius 2 is 1.70 bits per heavy atom. The topological polar surface area (TPSA) is 82.0 Å². The molecule has 1 aliphatic heterocycles. The van der Waals surface area contributed by atoms with Crippen molar-refractivity contribution in [3.05, 3.63) is 114 Å². The lowest BCUT2D eigenvalue weighted by molar-refractivity contribution is -0.138. The second kappa shape index (κ2) is 12.8. The standard InChI is InChI=1S/C31H33N3O3/c1-2-3-18-27(31(36)37)32-29(24-15-8-5-9-16-24)25-17-10-11-19-26(25)33-30(35)28-20-12-21-34(28)22-23-13-6-4-7-14-23/h2,4-11,13-17,19,27-28H,1,3,12,18,20-22H2,(H,33,35)(H,36,37)/t27-,28+/m1/s1. The second-order valence-electron chi connectivity index (χ2n) is 9.21. The van der Waals surface area contributed by atoms with Crippen molar-refractivity contribution in [2.24, 2.45) is 4.99 Å². The van der Waals surface area contributed by atoms with E-state index in [1.165, 1.54) is 5.56 Å². The van der Waals surface area contributed by atoms with E-state index in [0.717, 1.165) is 31.5 Å². The number of carbonyl (C=O) groups is 2. The van der Waals surface area contributed by atoms with Crippen LogP contribution in [0.4, 0.5) is 5.69 Å². The average Bonchev–Trinajstić information content (AvgIpc) is 3.38. The molecule has 6 nitrogen and oxygen atoms in total. The highest BCUT2D eigenvalue weighted by Crippen LogP contribution is 2.25. The van der Waals surface area contributed by atoms with Crippen molar-refractivity contribution in [3.63, 3.8) is 0 Å². The number of hydrogen-bond acceptors (Lipinski definition) is 4. The van der Waals surface area contributed by atoms with E-state index >= 15 is 0 Å². The number of benzene rings is 3. The van der Waals surface area contributed by atoms with Crippen LogP contribution < -0.4 is 5.32 Å². The maximum absolute atomic E-state index is 13.5. The molecule has 0 aromatic heterocycles. The lowest BCUT2D eigenvalue weighted by Gasteiger charge is -2.24. The molecule has 0 bridgehead atoms. The van der Waals surface area contributed by atoms with Gasteiger partial charge in [-0.3, -0.25) is 14.7 Å². The van der Waals surface area contributed by atoms with E-state index in [1.54, 1.807) is 6.08 Å². The summed E-state index contributed by atoms with van der Waals surface area (Å²) in [4.78, 5) is 32.4. The molecule has 6 heteroatoms. The Bertz CT molecular complexity index is 1240. The number of aliphatic imine (C=N–C) groups is 1. The Labute approximate surface area is 218 Å². The minimum absolute atomic E-state index is 0.0604. The van der Waals surface area contributed by atoms with Gasteiger partial charge in [-0.2, -0.15) is 0 Å². The van der Waals surface area contributed by atoms with Gasteiger partial charge in [-0.1, -0.05) is 84.9 Å². The SMILES string of the molecule is C=CCC[C@@H](N=C(c1ccccc1)c1ccccc1NC(=O)[C@@H]1CCCN1Cc1ccccc1)C(=O)O. The summed E-state index contributed by atoms with van der Waals surface area (Å²) in [6.07, 6.45) is 4.35. The van der Waals surface area contributed by atoms with Crippen molar-refractivity contribution in [1.29, 1.82) is 0 Å². The Hall–Kier alpha value is -4.03. The highest BCUT2D eigenvalue weighted by atomic mass is 16.4. The van der Waals surface area contributed by atoms with E-state index in [2.05, 4.69) is 28.9 Å². The number of carbonyl (C=O) groups excluding carboxylic acids is 1. The summed E-state index contributed by atoms with van der Waals surface area (Å²) in [6.45, 7) is 5.30. The molecule has 3 aromatic carbocycles. The first-order chi connectivity index (χ1) is 18.1. The molecule has 2 atom stereocenters. The number of likely N-dealkylation sites (tertiary alicyclic amines) is 1. The number of hydrogen-bond donors (Lipinski definition) is 2. The molecule has 1 aliphatic rings. The zero-order valence-electron chi connectivity index (χ0n) is 20.9. The Kier molecular flexibility index (Phi) is 9.00. The molecule has 37 heavy (non-hydrogen) atoms. The number of carboxylic acid groups (broad SMARTS) is 1. The fourth-order valence-electron chi connectivity index (χ4n) is 4.72. The number of amides is 1. The minimum atomic E-state index is -0.987. The number of carboxylic acids is 1. The van der Waals surface area contributed by atoms with Gasteiger partial charge in [0.1, 0.15) is 6.04 Å². The van der Waals surface area contributed by atoms with Crippen LogP contribution in [-0.4, -0.2) is 46.2 Å². The van der Waals surface area contributed by atoms with Crippen molar-refractivity contribution in [2.75, 3.05) is 11.9 Å². The Balaban J connectivity index is 1.63. The number of allylic oxidation sites excluding steroid dienone is 1. The molecule has 1 amide bonds. The molecule has 0 unspecified atom stereocenters. The lowest BCUT2D eigenvalue weighted by atomic mass is 9.99. The molecule has 190 valence electrons. The van der Waals surface area contributed by atoms with Crippen molar-refractivity contribution in [3.8, 4) is 0 Å². The highest BCUT2D eigenvalue weighted by molar-refractivity contribution is 6.17. The van der Waals surface area contributed by atoms with Crippen LogP contribution in [-0.2, 0) is 16.1 Å². The number of nitrogens with zero attached hydrogens (tertiary/aromatic N) is 2. The second-order valence-corrected chi connectivity index (χ2v) is 9.21. The first kappa shape index (κ1) is 26.0. The van der Waals surface area contributed by atoms with Gasteiger partial charge in [-0.05, 0) is 43.9 Å². The van der Waals surface area contributed by atoms with Crippen LogP contribution in [0, 0.1) is 0 Å². The first-order valence-corrected chi connectivity index (χ1v) is 12.7. The summed E-state index contributed by atoms with van der Waals surface area (Å²) in [7, 11) is 0. The quantitative estimate of drug-likeness (QED) is 0.270. The van der Waals surface area contributed by atoms with Gasteiger partial charge in [0.15, 0.2) is 0 Å². The van der Waals surface area contributed by atoms with Crippen LogP contribution in [0.3, 0.4) is 0 Å². The highest BCUT2D eigenvalue weighted by Gasteiger charge is 2.31. The summed E-state index contributed by atoms with van der Waals surface area (Å²) >= 11 is 0. The molecule has 0 aliphatic carbocycles. The first-order valence-electron chi connectivity index (χ1n) is 12.7. The van der Waals surface area contributed by atoms with Gasteiger partial charge in [-0.15, -0.1) is 6.58 Å². The number of nitrogens with one attached hydrogen (secondary N) is 1. The van der Waals surface area contributed by atoms with Crippen LogP contribution in [0.15, 0.2) is 103 Å². The molecule has 1 heterocycles. The molecule has 4 rings (SSSR count). The number of aliphatic carboxylic acids is 1. The van der Waals surface area contributed by atoms with Gasteiger partial charge >= 0.3 is 5.97 Å². The molecular formula is C31H33N3O3. The lowest BCUT2D eigenvalue weighted by Crippen LogP contribution is -2.39. The molecule has 3 aromatic rings. The van der Waals surface area contributed by atoms with Crippen LogP contribution in [0.5, 0.6) is 0 Å². The van der Waals surface area contributed by atoms with Crippen LogP contribution in [0.25, 0.3) is 0 Å². The van der Waals surface area contributed by atoms with E-state index in [-0.39, 0.29) is 11.9 Å². The summed E-state index contributed by atoms with van der Waals surface area (Å²) in [5.41, 5.74) is 3.83. The number of rotatable bonds is 11. The van der Waals surface area contributed by atoms with Crippen molar-refractivity contribution in [1.82, 2.24) is 4.90 Å². The van der Waals surface area contributed by atoms with Gasteiger partial charge in [0, 0.05) is 17.7 Å². The maximum atomic E-state index is 13.5. The molecule has 0 spiro atoms. The van der Waals surface area contributed by atoms with Crippen molar-refractivity contribution in [2.45, 2.75) is 44.3 Å². The average molecular weight is 496 g/mol. The Morgan fingerprint density at radius 1 is 1.03 bits per heavy atom. The van der Waals surface area contributed by atoms with Gasteiger partial charge in [0.05, 0.1) is 17.4 Å². The maximum Gasteiger partial charge on any atom is 0.328 e. The largest absolute Gasteiger partial charge is 0.480 e. The smallest absolute Gasteiger partial charge is 0.328 e. The summed E-state index contributed by atoms with van der Waals surface area (Å²) < 4.78 is 0. The van der Waals surface area contributed by atoms with Gasteiger partial charge in [0.25, 0.3) is 0 Å². The summed E-state index contributed by atoms with van der Waals surface area (Å²) in [5.74, 6) is -1.05. The van der Waals surface area contributed by atoms with Gasteiger partial charge in [0.2, 0.25) is 5.91 Å². The van der Waals surface area contributed by atoms with Crippen LogP contribution in [0.1, 0.15) is 42.4 Å². The number of anilines is 1. The van der Waals surface area contributed by atoms with Crippen LogP contribution in [0.2, 0.25) is 0 Å². The van der Waals surface area contributed by atoms with E-state index in [4.69, 9.17) is 4.99 Å². The predicted octanol–water partition coefficient (Wildman–Crippen LogP) is 5.55. The molecule has 0 radical (unpaired) electrons. The molecule has 2 N–H and O–H groups in total. The monoisotopic (exact) mass is 495 g/mol. The Morgan fingerprint density at radius 3 is 2.41 bits per heavy atom. The third-order valence-corrected chi connectivity index (χ3v) is 6.60. The van der Waals surface area contributed by atoms with Crippen molar-refractivity contribution >= 4 is 23.3 Å². The van der Waals surface area contributed by atoms with Gasteiger partial charge in [-0.25, -0.2) is 4.79 Å². The normalized spacial score (nSPS) is 16.8. The van der Waals surface area contributed by atoms with E-state index in [1.807, 2.05) is 72.8 Å². The van der Waals surface area contributed by atoms with Crippen LogP contribution >= 0.6 is 0 Å². The van der Waals surface area contributed by atoms with Gasteiger partial charge < -0.3 is 10.4 Å². The van der Waals surface area contributed by atoms with E-state index in [0.29, 0.717) is 29.8 Å². The summed E-state index contributed by atoms with van der Waals surface area (Å²) in [6, 6.07) is 26.0. The molecule has 1 saturated heterocycles. The zero-order chi connectivity index (χ0) is 26.0. The van der Waals surface area contributed by atoms with Crippen molar-refractivity contribution < 1.29 is 14.7 Å². The third kappa shape index (κ3) is 6.80. The fourth-order valence-corrected chi connectivity index (χ4v) is 4.72. The molecule has 0 saturated carbocycles.